The number of H-pyrrole nitrogens is 1. The predicted molar refractivity (Wildman–Crippen MR) is 92.6 cm³/mol. The van der Waals surface area contributed by atoms with Crippen LogP contribution in [0.5, 0.6) is 0 Å². The standard InChI is InChI=1S/C16H13ClINO2/c1-21-15(20)13-9-10(18)5-7-16(13,17)12-3-2-4-14-11(12)6-8-19-14/h2-9,13,19H,1H3. The van der Waals surface area contributed by atoms with Gasteiger partial charge in [0.25, 0.3) is 0 Å². The van der Waals surface area contributed by atoms with Gasteiger partial charge in [-0.1, -0.05) is 30.4 Å². The van der Waals surface area contributed by atoms with Gasteiger partial charge in [-0.15, -0.1) is 11.6 Å². The van der Waals surface area contributed by atoms with Gasteiger partial charge in [-0.2, -0.15) is 0 Å². The van der Waals surface area contributed by atoms with Gasteiger partial charge < -0.3 is 9.72 Å². The van der Waals surface area contributed by atoms with E-state index < -0.39 is 10.8 Å². The smallest absolute Gasteiger partial charge is 0.315 e. The van der Waals surface area contributed by atoms with E-state index in [1.54, 1.807) is 0 Å². The minimum Gasteiger partial charge on any atom is -0.468 e. The Labute approximate surface area is 141 Å². The summed E-state index contributed by atoms with van der Waals surface area (Å²) in [6.45, 7) is 0. The van der Waals surface area contributed by atoms with Gasteiger partial charge in [0.05, 0.1) is 7.11 Å². The van der Waals surface area contributed by atoms with Crippen molar-refractivity contribution in [2.75, 3.05) is 7.11 Å². The monoisotopic (exact) mass is 413 g/mol. The van der Waals surface area contributed by atoms with Crippen molar-refractivity contribution >= 4 is 51.1 Å². The summed E-state index contributed by atoms with van der Waals surface area (Å²) in [5, 5.41) is 1.01. The van der Waals surface area contributed by atoms with Gasteiger partial charge in [-0.05, 0) is 40.3 Å². The molecule has 0 saturated heterocycles. The van der Waals surface area contributed by atoms with Crippen molar-refractivity contribution in [2.24, 2.45) is 5.92 Å². The Morgan fingerprint density at radius 3 is 3.00 bits per heavy atom. The number of carbonyl (C=O) groups excluding carboxylic acids is 1. The van der Waals surface area contributed by atoms with Crippen molar-refractivity contribution in [3.05, 3.63) is 57.8 Å². The number of benzene rings is 1. The fraction of sp³-hybridized carbons (Fsp3) is 0.188. The lowest BCUT2D eigenvalue weighted by Gasteiger charge is -2.32. The van der Waals surface area contributed by atoms with Gasteiger partial charge in [0.2, 0.25) is 0 Å². The first kappa shape index (κ1) is 14.7. The largest absolute Gasteiger partial charge is 0.468 e. The molecule has 2 atom stereocenters. The normalized spacial score (nSPS) is 24.9. The zero-order chi connectivity index (χ0) is 15.0. The molecule has 21 heavy (non-hydrogen) atoms. The summed E-state index contributed by atoms with van der Waals surface area (Å²) in [6.07, 6.45) is 7.52. The number of carbonyl (C=O) groups is 1. The quantitative estimate of drug-likeness (QED) is 0.454. The molecular formula is C16H13ClINO2. The third-order valence-electron chi connectivity index (χ3n) is 3.73. The Bertz CT molecular complexity index is 764. The van der Waals surface area contributed by atoms with Crippen molar-refractivity contribution in [3.8, 4) is 0 Å². The maximum atomic E-state index is 12.2. The highest BCUT2D eigenvalue weighted by Gasteiger charge is 2.43. The Kier molecular flexibility index (Phi) is 3.84. The van der Waals surface area contributed by atoms with Crippen LogP contribution in [-0.4, -0.2) is 18.1 Å². The van der Waals surface area contributed by atoms with Gasteiger partial charge >= 0.3 is 5.97 Å². The van der Waals surface area contributed by atoms with Crippen molar-refractivity contribution < 1.29 is 9.53 Å². The first-order valence-electron chi connectivity index (χ1n) is 6.46. The molecule has 1 aliphatic carbocycles. The van der Waals surface area contributed by atoms with Crippen molar-refractivity contribution in [2.45, 2.75) is 4.87 Å². The average molecular weight is 414 g/mol. The van der Waals surface area contributed by atoms with Crippen LogP contribution in [0.1, 0.15) is 5.56 Å². The van der Waals surface area contributed by atoms with E-state index >= 15 is 0 Å². The molecule has 3 nitrogen and oxygen atoms in total. The zero-order valence-electron chi connectivity index (χ0n) is 11.3. The molecule has 1 aliphatic rings. The fourth-order valence-electron chi connectivity index (χ4n) is 2.68. The number of ether oxygens (including phenoxy) is 1. The van der Waals surface area contributed by atoms with Crippen molar-refractivity contribution in [3.63, 3.8) is 0 Å². The van der Waals surface area contributed by atoms with Gasteiger partial charge in [0.15, 0.2) is 0 Å². The van der Waals surface area contributed by atoms with E-state index in [2.05, 4.69) is 27.6 Å². The lowest BCUT2D eigenvalue weighted by Crippen LogP contribution is -2.35. The zero-order valence-corrected chi connectivity index (χ0v) is 14.2. The minimum absolute atomic E-state index is 0.337. The maximum Gasteiger partial charge on any atom is 0.315 e. The van der Waals surface area contributed by atoms with Crippen LogP contribution in [0.3, 0.4) is 0 Å². The first-order chi connectivity index (χ1) is 10.1. The number of methoxy groups -OCH3 is 1. The second kappa shape index (κ2) is 5.50. The maximum absolute atomic E-state index is 12.2. The van der Waals surface area contributed by atoms with E-state index in [-0.39, 0.29) is 5.97 Å². The molecule has 2 unspecified atom stereocenters. The second-order valence-corrected chi connectivity index (χ2v) is 6.77. The summed E-state index contributed by atoms with van der Waals surface area (Å²) in [7, 11) is 1.38. The van der Waals surface area contributed by atoms with E-state index in [4.69, 9.17) is 16.3 Å². The highest BCUT2D eigenvalue weighted by molar-refractivity contribution is 14.1. The number of nitrogens with one attached hydrogen (secondary N) is 1. The predicted octanol–water partition coefficient (Wildman–Crippen LogP) is 4.28. The highest BCUT2D eigenvalue weighted by atomic mass is 127. The number of hydrogen-bond acceptors (Lipinski definition) is 2. The number of rotatable bonds is 2. The van der Waals surface area contributed by atoms with E-state index in [1.807, 2.05) is 48.7 Å². The molecule has 1 heterocycles. The fourth-order valence-corrected chi connectivity index (χ4v) is 3.60. The van der Waals surface area contributed by atoms with Crippen LogP contribution >= 0.6 is 34.2 Å². The van der Waals surface area contributed by atoms with Crippen molar-refractivity contribution in [1.82, 2.24) is 4.98 Å². The van der Waals surface area contributed by atoms with Crippen LogP contribution in [0.15, 0.2) is 52.3 Å². The number of esters is 1. The molecule has 0 amide bonds. The summed E-state index contributed by atoms with van der Waals surface area (Å²) in [5.41, 5.74) is 1.89. The van der Waals surface area contributed by atoms with Crippen LogP contribution in [0.4, 0.5) is 0 Å². The van der Waals surface area contributed by atoms with Crippen LogP contribution in [-0.2, 0) is 14.4 Å². The third kappa shape index (κ3) is 2.40. The molecule has 108 valence electrons. The number of aromatic amines is 1. The molecule has 1 aromatic heterocycles. The SMILES string of the molecule is COC(=O)C1C=C(I)C=CC1(Cl)c1cccc2[nH]ccc12. The molecule has 0 saturated carbocycles. The molecule has 5 heteroatoms. The molecule has 0 radical (unpaired) electrons. The van der Waals surface area contributed by atoms with Gasteiger partial charge in [0.1, 0.15) is 10.8 Å². The number of aromatic nitrogens is 1. The molecule has 3 rings (SSSR count). The Morgan fingerprint density at radius 1 is 1.43 bits per heavy atom. The minimum atomic E-state index is -0.941. The Morgan fingerprint density at radius 2 is 2.24 bits per heavy atom. The van der Waals surface area contributed by atoms with E-state index in [0.29, 0.717) is 0 Å². The molecule has 0 aliphatic heterocycles. The number of hydrogen-bond donors (Lipinski definition) is 1. The third-order valence-corrected chi connectivity index (χ3v) is 5.01. The number of halogens is 2. The van der Waals surface area contributed by atoms with E-state index in [0.717, 1.165) is 20.0 Å². The molecule has 0 spiro atoms. The summed E-state index contributed by atoms with van der Waals surface area (Å²) < 4.78 is 5.91. The van der Waals surface area contributed by atoms with Gasteiger partial charge in [-0.25, -0.2) is 0 Å². The summed E-state index contributed by atoms with van der Waals surface area (Å²) in [5.74, 6) is -0.891. The summed E-state index contributed by atoms with van der Waals surface area (Å²) >= 11 is 9.07. The Balaban J connectivity index is 2.20. The number of fused-ring (bicyclic) bond motifs is 1. The number of allylic oxidation sites excluding steroid dienone is 3. The average Bonchev–Trinajstić information content (AvgIpc) is 2.97. The first-order valence-corrected chi connectivity index (χ1v) is 7.92. The van der Waals surface area contributed by atoms with Crippen LogP contribution in [0, 0.1) is 5.92 Å². The molecule has 0 bridgehead atoms. The number of alkyl halides is 1. The topological polar surface area (TPSA) is 42.1 Å². The second-order valence-electron chi connectivity index (χ2n) is 4.90. The summed E-state index contributed by atoms with van der Waals surface area (Å²) in [4.78, 5) is 14.4. The lowest BCUT2D eigenvalue weighted by atomic mass is 9.80. The van der Waals surface area contributed by atoms with Gasteiger partial charge in [-0.3, -0.25) is 4.79 Å². The highest BCUT2D eigenvalue weighted by Crippen LogP contribution is 2.46. The molecule has 1 N–H and O–H groups in total. The lowest BCUT2D eigenvalue weighted by molar-refractivity contribution is -0.144. The van der Waals surface area contributed by atoms with Crippen LogP contribution in [0.25, 0.3) is 10.9 Å². The van der Waals surface area contributed by atoms with E-state index in [9.17, 15) is 4.79 Å². The van der Waals surface area contributed by atoms with E-state index in [1.165, 1.54) is 7.11 Å². The summed E-state index contributed by atoms with van der Waals surface area (Å²) in [6, 6.07) is 7.85. The molecular weight excluding hydrogens is 401 g/mol. The van der Waals surface area contributed by atoms with Crippen molar-refractivity contribution in [1.29, 1.82) is 0 Å². The Hall–Kier alpha value is -1.27. The molecule has 0 fully saturated rings. The molecule has 2 aromatic rings. The van der Waals surface area contributed by atoms with Crippen LogP contribution in [0.2, 0.25) is 0 Å². The van der Waals surface area contributed by atoms with Gasteiger partial charge in [0, 0.05) is 20.7 Å². The molecule has 1 aromatic carbocycles. The van der Waals surface area contributed by atoms with Crippen LogP contribution < -0.4 is 0 Å².